The van der Waals surface area contributed by atoms with Gasteiger partial charge in [-0.3, -0.25) is 4.79 Å². The Balaban J connectivity index is 2.11. The molecule has 0 aliphatic rings. The molecule has 3 heteroatoms. The summed E-state index contributed by atoms with van der Waals surface area (Å²) in [7, 11) is 4.62. The van der Waals surface area contributed by atoms with Crippen LogP contribution < -0.4 is 5.32 Å². The lowest BCUT2D eigenvalue weighted by atomic mass is 10.0. The van der Waals surface area contributed by atoms with Crippen LogP contribution in [0.3, 0.4) is 0 Å². The third-order valence-corrected chi connectivity index (χ3v) is 6.16. The summed E-state index contributed by atoms with van der Waals surface area (Å²) in [6, 6.07) is 11.3. The van der Waals surface area contributed by atoms with Gasteiger partial charge >= 0.3 is 0 Å². The minimum absolute atomic E-state index is 0.230. The van der Waals surface area contributed by atoms with Gasteiger partial charge in [0, 0.05) is 31.4 Å². The van der Waals surface area contributed by atoms with Crippen molar-refractivity contribution in [3.05, 3.63) is 35.9 Å². The van der Waals surface area contributed by atoms with Crippen LogP contribution in [0.4, 0.5) is 0 Å². The molecular weight excluding hydrogens is 356 g/mol. The molecule has 1 rings (SSSR count). The Bertz CT molecular complexity index is 527. The zero-order chi connectivity index (χ0) is 21.4. The number of rotatable bonds is 17. The molecule has 1 N–H and O–H groups in total. The number of carbonyl (C=O) groups excluding carboxylic acids is 1. The van der Waals surface area contributed by atoms with Crippen LogP contribution >= 0.6 is 0 Å². The van der Waals surface area contributed by atoms with Gasteiger partial charge in [0.25, 0.3) is 0 Å². The second kappa shape index (κ2) is 15.5. The maximum atomic E-state index is 12.1. The molecule has 29 heavy (non-hydrogen) atoms. The smallest absolute Gasteiger partial charge is 0.219 e. The minimum atomic E-state index is 0.230. The Morgan fingerprint density at radius 2 is 1.45 bits per heavy atom. The van der Waals surface area contributed by atoms with Gasteiger partial charge in [-0.05, 0) is 6.42 Å². The Morgan fingerprint density at radius 1 is 0.862 bits per heavy atom. The fourth-order valence-electron chi connectivity index (χ4n) is 4.36. The van der Waals surface area contributed by atoms with Crippen molar-refractivity contribution >= 4 is 5.91 Å². The van der Waals surface area contributed by atoms with E-state index in [-0.39, 0.29) is 5.91 Å². The summed E-state index contributed by atoms with van der Waals surface area (Å²) >= 11 is 0. The van der Waals surface area contributed by atoms with Crippen molar-refractivity contribution in [3.8, 4) is 0 Å². The molecule has 1 aromatic carbocycles. The van der Waals surface area contributed by atoms with E-state index in [1.54, 1.807) is 0 Å². The van der Waals surface area contributed by atoms with E-state index in [9.17, 15) is 4.79 Å². The molecule has 0 heterocycles. The van der Waals surface area contributed by atoms with Crippen LogP contribution in [-0.4, -0.2) is 37.6 Å². The quantitative estimate of drug-likeness (QED) is 0.229. The molecule has 0 aliphatic carbocycles. The average Bonchev–Trinajstić information content (AvgIpc) is 2.71. The number of carbonyl (C=O) groups is 1. The normalized spacial score (nSPS) is 12.7. The number of nitrogens with one attached hydrogen (secondary N) is 1. The van der Waals surface area contributed by atoms with E-state index in [4.69, 9.17) is 0 Å². The van der Waals surface area contributed by atoms with Crippen molar-refractivity contribution < 1.29 is 9.28 Å². The van der Waals surface area contributed by atoms with E-state index in [0.29, 0.717) is 12.5 Å². The molecule has 1 aromatic rings. The highest BCUT2D eigenvalue weighted by molar-refractivity contribution is 5.75. The van der Waals surface area contributed by atoms with E-state index in [0.717, 1.165) is 36.8 Å². The van der Waals surface area contributed by atoms with E-state index in [1.165, 1.54) is 56.9 Å². The molecule has 0 fully saturated rings. The Labute approximate surface area is 180 Å². The molecule has 1 unspecified atom stereocenters. The summed E-state index contributed by atoms with van der Waals surface area (Å²) in [4.78, 5) is 12.1. The maximum absolute atomic E-state index is 12.1. The van der Waals surface area contributed by atoms with Crippen LogP contribution in [0, 0.1) is 0 Å². The molecule has 0 saturated carbocycles. The summed E-state index contributed by atoms with van der Waals surface area (Å²) in [5.41, 5.74) is 1.41. The van der Waals surface area contributed by atoms with E-state index in [2.05, 4.69) is 63.6 Å². The van der Waals surface area contributed by atoms with Crippen LogP contribution in [0.1, 0.15) is 103 Å². The van der Waals surface area contributed by atoms with Gasteiger partial charge in [-0.25, -0.2) is 0 Å². The molecule has 3 nitrogen and oxygen atoms in total. The van der Waals surface area contributed by atoms with Gasteiger partial charge < -0.3 is 9.80 Å². The highest BCUT2D eigenvalue weighted by Crippen LogP contribution is 2.28. The molecule has 1 atom stereocenters. The van der Waals surface area contributed by atoms with Crippen molar-refractivity contribution in [2.24, 2.45) is 0 Å². The van der Waals surface area contributed by atoms with Crippen LogP contribution in [0.2, 0.25) is 0 Å². The lowest BCUT2D eigenvalue weighted by Gasteiger charge is -2.38. The SMILES string of the molecule is CCCCCCCCCCCC(=O)NCCC[N+](C)(C)C(CC)c1ccccc1. The third kappa shape index (κ3) is 11.4. The minimum Gasteiger partial charge on any atom is -0.356 e. The zero-order valence-electron chi connectivity index (χ0n) is 19.7. The van der Waals surface area contributed by atoms with Crippen LogP contribution in [0.25, 0.3) is 0 Å². The lowest BCUT2D eigenvalue weighted by molar-refractivity contribution is -0.921. The second-order valence-electron chi connectivity index (χ2n) is 9.12. The molecule has 0 spiro atoms. The molecule has 0 bridgehead atoms. The van der Waals surface area contributed by atoms with Crippen molar-refractivity contribution in [1.29, 1.82) is 0 Å². The number of unbranched alkanes of at least 4 members (excludes halogenated alkanes) is 8. The van der Waals surface area contributed by atoms with Gasteiger partial charge in [-0.1, -0.05) is 95.5 Å². The van der Waals surface area contributed by atoms with Gasteiger partial charge in [0.1, 0.15) is 6.04 Å². The number of nitrogens with zero attached hydrogens (tertiary/aromatic N) is 1. The molecule has 166 valence electrons. The number of hydrogen-bond acceptors (Lipinski definition) is 1. The Kier molecular flexibility index (Phi) is 13.7. The van der Waals surface area contributed by atoms with Crippen molar-refractivity contribution in [2.75, 3.05) is 27.2 Å². The van der Waals surface area contributed by atoms with Gasteiger partial charge in [0.15, 0.2) is 0 Å². The first-order valence-corrected chi connectivity index (χ1v) is 12.2. The molecule has 0 radical (unpaired) electrons. The summed E-state index contributed by atoms with van der Waals surface area (Å²) in [6.07, 6.45) is 14.5. The first-order chi connectivity index (χ1) is 14.0. The lowest BCUT2D eigenvalue weighted by Crippen LogP contribution is -2.44. The van der Waals surface area contributed by atoms with Gasteiger partial charge in [0.2, 0.25) is 5.91 Å². The summed E-state index contributed by atoms with van der Waals surface area (Å²) in [6.45, 7) is 6.40. The highest BCUT2D eigenvalue weighted by Gasteiger charge is 2.27. The van der Waals surface area contributed by atoms with Gasteiger partial charge in [0.05, 0.1) is 20.6 Å². The largest absolute Gasteiger partial charge is 0.356 e. The van der Waals surface area contributed by atoms with Crippen molar-refractivity contribution in [1.82, 2.24) is 5.32 Å². The number of quaternary nitrogens is 1. The number of hydrogen-bond donors (Lipinski definition) is 1. The highest BCUT2D eigenvalue weighted by atomic mass is 16.1. The third-order valence-electron chi connectivity index (χ3n) is 6.16. The van der Waals surface area contributed by atoms with Crippen LogP contribution in [0.15, 0.2) is 30.3 Å². The number of benzene rings is 1. The molecule has 0 aromatic heterocycles. The maximum Gasteiger partial charge on any atom is 0.219 e. The average molecular weight is 404 g/mol. The van der Waals surface area contributed by atoms with Crippen molar-refractivity contribution in [2.45, 2.75) is 96.9 Å². The van der Waals surface area contributed by atoms with Gasteiger partial charge in [-0.15, -0.1) is 0 Å². The van der Waals surface area contributed by atoms with Crippen LogP contribution in [-0.2, 0) is 4.79 Å². The predicted octanol–water partition coefficient (Wildman–Crippen LogP) is 6.64. The van der Waals surface area contributed by atoms with Crippen molar-refractivity contribution in [3.63, 3.8) is 0 Å². The fraction of sp³-hybridized carbons (Fsp3) is 0.731. The first-order valence-electron chi connectivity index (χ1n) is 12.2. The van der Waals surface area contributed by atoms with Crippen LogP contribution in [0.5, 0.6) is 0 Å². The standard InChI is InChI=1S/C26H46N2O/c1-5-7-8-9-10-11-12-13-17-21-26(29)27-22-18-23-28(3,4)25(6-2)24-19-15-14-16-20-24/h14-16,19-20,25H,5-13,17-18,21-23H2,1-4H3/p+1. The van der Waals surface area contributed by atoms with E-state index in [1.807, 2.05) is 0 Å². The molecular formula is C26H47N2O+. The molecule has 0 saturated heterocycles. The second-order valence-corrected chi connectivity index (χ2v) is 9.12. The predicted molar refractivity (Wildman–Crippen MR) is 126 cm³/mol. The molecule has 1 amide bonds. The summed E-state index contributed by atoms with van der Waals surface area (Å²) in [5, 5.41) is 3.13. The number of amides is 1. The Hall–Kier alpha value is -1.35. The topological polar surface area (TPSA) is 29.1 Å². The summed E-state index contributed by atoms with van der Waals surface area (Å²) < 4.78 is 0.967. The van der Waals surface area contributed by atoms with E-state index >= 15 is 0 Å². The Morgan fingerprint density at radius 3 is 2.03 bits per heavy atom. The molecule has 0 aliphatic heterocycles. The van der Waals surface area contributed by atoms with Gasteiger partial charge in [-0.2, -0.15) is 0 Å². The first kappa shape index (κ1) is 25.7. The zero-order valence-corrected chi connectivity index (χ0v) is 19.7. The summed E-state index contributed by atoms with van der Waals surface area (Å²) in [5.74, 6) is 0.230. The monoisotopic (exact) mass is 403 g/mol. The van der Waals surface area contributed by atoms with E-state index < -0.39 is 0 Å². The fourth-order valence-corrected chi connectivity index (χ4v) is 4.36.